The van der Waals surface area contributed by atoms with Gasteiger partial charge in [-0.25, -0.2) is 8.42 Å². The van der Waals surface area contributed by atoms with E-state index in [1.165, 1.54) is 17.1 Å². The maximum absolute atomic E-state index is 13.5. The Labute approximate surface area is 217 Å². The van der Waals surface area contributed by atoms with Gasteiger partial charge in [-0.3, -0.25) is 9.48 Å². The third-order valence-corrected chi connectivity index (χ3v) is 11.3. The van der Waals surface area contributed by atoms with Gasteiger partial charge in [0.25, 0.3) is 0 Å². The van der Waals surface area contributed by atoms with Gasteiger partial charge in [-0.2, -0.15) is 5.10 Å². The molecule has 1 N–H and O–H groups in total. The van der Waals surface area contributed by atoms with E-state index >= 15 is 0 Å². The van der Waals surface area contributed by atoms with Crippen LogP contribution in [0.5, 0.6) is 0 Å². The van der Waals surface area contributed by atoms with Gasteiger partial charge in [0, 0.05) is 32.1 Å². The van der Waals surface area contributed by atoms with E-state index in [9.17, 15) is 18.3 Å². The molecule has 0 bridgehead atoms. The molecule has 0 amide bonds. The van der Waals surface area contributed by atoms with Crippen LogP contribution in [-0.4, -0.2) is 54.7 Å². The summed E-state index contributed by atoms with van der Waals surface area (Å²) in [5.74, 6) is 2.95. The fourth-order valence-corrected chi connectivity index (χ4v) is 8.68. The van der Waals surface area contributed by atoms with Crippen molar-refractivity contribution in [3.8, 4) is 0 Å². The summed E-state index contributed by atoms with van der Waals surface area (Å²) in [4.78, 5) is 13.6. The van der Waals surface area contributed by atoms with Crippen LogP contribution in [0.4, 0.5) is 0 Å². The molecule has 4 rings (SSSR count). The molecule has 3 aliphatic carbocycles. The molecule has 8 heteroatoms. The van der Waals surface area contributed by atoms with Gasteiger partial charge in [-0.1, -0.05) is 13.8 Å². The van der Waals surface area contributed by atoms with Crippen molar-refractivity contribution >= 4 is 15.6 Å². The lowest BCUT2D eigenvalue weighted by Crippen LogP contribution is -2.44. The first kappa shape index (κ1) is 27.8. The summed E-state index contributed by atoms with van der Waals surface area (Å²) < 4.78 is 30.6. The van der Waals surface area contributed by atoms with Crippen molar-refractivity contribution in [3.63, 3.8) is 0 Å². The lowest BCUT2D eigenvalue weighted by Gasteiger charge is -2.48. The van der Waals surface area contributed by atoms with Gasteiger partial charge in [-0.05, 0) is 99.7 Å². The zero-order valence-corrected chi connectivity index (χ0v) is 23.6. The van der Waals surface area contributed by atoms with Crippen LogP contribution < -0.4 is 0 Å². The molecule has 0 aliphatic heterocycles. The lowest BCUT2D eigenvalue weighted by atomic mass is 9.56. The molecular formula is C28H46N2O5S. The van der Waals surface area contributed by atoms with Gasteiger partial charge in [0.2, 0.25) is 0 Å². The average Bonchev–Trinajstić information content (AvgIpc) is 3.39. The first-order valence-corrected chi connectivity index (χ1v) is 15.7. The van der Waals surface area contributed by atoms with Crippen molar-refractivity contribution in [2.24, 2.45) is 40.9 Å². The smallest absolute Gasteiger partial charge is 0.178 e. The number of fused-ring (bicyclic) bond motifs is 1. The molecular weight excluding hydrogens is 476 g/mol. The second kappa shape index (κ2) is 10.5. The second-order valence-corrected chi connectivity index (χ2v) is 14.8. The Bertz CT molecular complexity index is 1030. The van der Waals surface area contributed by atoms with Gasteiger partial charge in [-0.15, -0.1) is 0 Å². The first-order valence-electron chi connectivity index (χ1n) is 13.8. The Morgan fingerprint density at radius 3 is 2.58 bits per heavy atom. The van der Waals surface area contributed by atoms with Gasteiger partial charge in [0.15, 0.2) is 15.6 Å². The van der Waals surface area contributed by atoms with Gasteiger partial charge in [0.05, 0.1) is 18.3 Å². The molecule has 1 aromatic heterocycles. The number of aliphatic hydroxyl groups is 1. The number of carbonyl (C=O) groups is 1. The van der Waals surface area contributed by atoms with E-state index in [0.717, 1.165) is 70.7 Å². The van der Waals surface area contributed by atoms with Crippen molar-refractivity contribution in [1.29, 1.82) is 0 Å². The maximum Gasteiger partial charge on any atom is 0.178 e. The Morgan fingerprint density at radius 2 is 1.92 bits per heavy atom. The predicted octanol–water partition coefficient (Wildman–Crippen LogP) is 4.53. The van der Waals surface area contributed by atoms with E-state index in [1.807, 2.05) is 6.92 Å². The molecule has 7 nitrogen and oxygen atoms in total. The molecule has 0 spiro atoms. The van der Waals surface area contributed by atoms with E-state index in [0.29, 0.717) is 29.6 Å². The first-order chi connectivity index (χ1) is 16.8. The largest absolute Gasteiger partial charge is 0.390 e. The molecule has 3 saturated carbocycles. The highest BCUT2D eigenvalue weighted by atomic mass is 32.2. The van der Waals surface area contributed by atoms with Crippen LogP contribution in [-0.2, 0) is 25.9 Å². The zero-order valence-electron chi connectivity index (χ0n) is 22.8. The predicted molar refractivity (Wildman–Crippen MR) is 139 cm³/mol. The number of hydrogen-bond donors (Lipinski definition) is 1. The molecule has 1 aromatic rings. The fourth-order valence-electron chi connectivity index (χ4n) is 8.13. The van der Waals surface area contributed by atoms with Gasteiger partial charge >= 0.3 is 0 Å². The van der Waals surface area contributed by atoms with Crippen LogP contribution in [0.1, 0.15) is 78.6 Å². The summed E-state index contributed by atoms with van der Waals surface area (Å²) >= 11 is 0. The molecule has 0 unspecified atom stereocenters. The highest BCUT2D eigenvalue weighted by Crippen LogP contribution is 2.60. The Kier molecular flexibility index (Phi) is 8.09. The number of rotatable bonds is 9. The van der Waals surface area contributed by atoms with Crippen molar-refractivity contribution in [2.45, 2.75) is 95.6 Å². The fraction of sp³-hybridized carbons (Fsp3) is 0.857. The summed E-state index contributed by atoms with van der Waals surface area (Å²) in [5.41, 5.74) is -0.582. The summed E-state index contributed by atoms with van der Waals surface area (Å²) in [7, 11) is -1.55. The van der Waals surface area contributed by atoms with E-state index in [2.05, 4.69) is 18.9 Å². The normalized spacial score (nSPS) is 39.2. The highest BCUT2D eigenvalue weighted by molar-refractivity contribution is 7.90. The van der Waals surface area contributed by atoms with Crippen LogP contribution in [0.25, 0.3) is 0 Å². The van der Waals surface area contributed by atoms with Crippen molar-refractivity contribution in [2.75, 3.05) is 20.0 Å². The van der Waals surface area contributed by atoms with Crippen molar-refractivity contribution < 1.29 is 23.1 Å². The minimum atomic E-state index is -3.33. The van der Waals surface area contributed by atoms with E-state index in [1.54, 1.807) is 7.11 Å². The quantitative estimate of drug-likeness (QED) is 0.512. The third-order valence-electron chi connectivity index (χ3n) is 10.2. The minimum Gasteiger partial charge on any atom is -0.390 e. The number of methoxy groups -OCH3 is 1. The number of hydrogen-bond acceptors (Lipinski definition) is 6. The zero-order chi connectivity index (χ0) is 26.3. The molecule has 1 heterocycles. The molecule has 0 saturated heterocycles. The molecule has 3 aliphatic rings. The average molecular weight is 523 g/mol. The summed E-state index contributed by atoms with van der Waals surface area (Å²) in [6.45, 7) is 7.61. The number of sulfone groups is 1. The van der Waals surface area contributed by atoms with Crippen molar-refractivity contribution in [1.82, 2.24) is 9.78 Å². The standard InChI is InChI=1S/C28H46N2O5S/c1-19-10-13-28(3)24(23(19)7-6-20-14-27(2,32)12-11-21(20)18-35-4)8-9-25(28)26(31)17-30-16-22(15-29-30)36(5,33)34/h15-16,19-21,23-25,32H,6-14,17-18H2,1-5H3/t19-,20+,21-,23+,24-,25+,27+,28-/m0/s1. The summed E-state index contributed by atoms with van der Waals surface area (Å²) in [6.07, 6.45) is 13.2. The Morgan fingerprint density at radius 1 is 1.17 bits per heavy atom. The number of nitrogens with zero attached hydrogens (tertiary/aromatic N) is 2. The monoisotopic (exact) mass is 522 g/mol. The SMILES string of the molecule is COC[C@@H]1CC[C@@](C)(O)C[C@H]1CC[C@@H]1[C@@H](C)CC[C@]2(C)[C@@H](C(=O)Cn3cc(S(C)(=O)=O)cn3)CC[C@@H]12. The molecule has 0 aromatic carbocycles. The molecule has 8 atom stereocenters. The van der Waals surface area contributed by atoms with Crippen LogP contribution in [0.3, 0.4) is 0 Å². The van der Waals surface area contributed by atoms with Crippen molar-refractivity contribution in [3.05, 3.63) is 12.4 Å². The number of ether oxygens (including phenoxy) is 1. The third kappa shape index (κ3) is 5.75. The Hall–Kier alpha value is -1.25. The summed E-state index contributed by atoms with van der Waals surface area (Å²) in [5, 5.41) is 14.9. The van der Waals surface area contributed by atoms with E-state index in [-0.39, 0.29) is 28.6 Å². The number of carbonyl (C=O) groups excluding carboxylic acids is 1. The summed E-state index contributed by atoms with van der Waals surface area (Å²) in [6, 6.07) is 0. The second-order valence-electron chi connectivity index (χ2n) is 12.8. The van der Waals surface area contributed by atoms with Gasteiger partial charge in [0.1, 0.15) is 4.90 Å². The van der Waals surface area contributed by atoms with Crippen LogP contribution in [0.2, 0.25) is 0 Å². The number of aromatic nitrogens is 2. The van der Waals surface area contributed by atoms with Crippen LogP contribution >= 0.6 is 0 Å². The molecule has 3 fully saturated rings. The molecule has 204 valence electrons. The van der Waals surface area contributed by atoms with Crippen LogP contribution in [0, 0.1) is 40.9 Å². The van der Waals surface area contributed by atoms with E-state index < -0.39 is 15.4 Å². The Balaban J connectivity index is 1.44. The molecule has 36 heavy (non-hydrogen) atoms. The number of ketones is 1. The van der Waals surface area contributed by atoms with E-state index in [4.69, 9.17) is 4.74 Å². The van der Waals surface area contributed by atoms with Crippen LogP contribution in [0.15, 0.2) is 17.3 Å². The maximum atomic E-state index is 13.5. The molecule has 0 radical (unpaired) electrons. The lowest BCUT2D eigenvalue weighted by molar-refractivity contribution is -0.129. The highest BCUT2D eigenvalue weighted by Gasteiger charge is 2.55. The number of Topliss-reactive ketones (excluding diaryl/α,β-unsaturated/α-hetero) is 1. The topological polar surface area (TPSA) is 98.5 Å². The minimum absolute atomic E-state index is 0.0000347. The van der Waals surface area contributed by atoms with Gasteiger partial charge < -0.3 is 9.84 Å².